The van der Waals surface area contributed by atoms with Gasteiger partial charge in [-0.15, -0.1) is 6.58 Å². The third kappa shape index (κ3) is 4.02. The molecule has 0 bridgehead atoms. The number of hydrogen-bond donors (Lipinski definition) is 0. The fourth-order valence-corrected chi connectivity index (χ4v) is 4.18. The molecule has 0 aliphatic heterocycles. The van der Waals surface area contributed by atoms with Crippen LogP contribution in [0.25, 0.3) is 27.5 Å². The molecule has 1 aliphatic carbocycles. The molecular weight excluding hydrogens is 375 g/mol. The second kappa shape index (κ2) is 8.83. The molecule has 0 spiro atoms. The molecule has 1 aliphatic rings. The molecule has 1 unspecified atom stereocenters. The zero-order valence-corrected chi connectivity index (χ0v) is 17.4. The number of halogens is 1. The van der Waals surface area contributed by atoms with Crippen LogP contribution in [0.3, 0.4) is 0 Å². The Morgan fingerprint density at radius 3 is 2.60 bits per heavy atom. The molecule has 154 valence electrons. The van der Waals surface area contributed by atoms with Gasteiger partial charge >= 0.3 is 5.63 Å². The molecule has 2 nitrogen and oxygen atoms in total. The van der Waals surface area contributed by atoms with Crippen molar-refractivity contribution in [1.29, 1.82) is 0 Å². The van der Waals surface area contributed by atoms with Crippen LogP contribution in [-0.4, -0.2) is 0 Å². The monoisotopic (exact) mass is 402 g/mol. The van der Waals surface area contributed by atoms with Crippen molar-refractivity contribution in [2.45, 2.75) is 45.4 Å². The summed E-state index contributed by atoms with van der Waals surface area (Å²) in [6.45, 7) is 5.97. The topological polar surface area (TPSA) is 30.2 Å². The molecule has 0 fully saturated rings. The number of benzene rings is 2. The number of aryl methyl sites for hydroxylation is 1. The Hall–Kier alpha value is -2.94. The van der Waals surface area contributed by atoms with Crippen LogP contribution < -0.4 is 5.63 Å². The zero-order chi connectivity index (χ0) is 21.1. The molecule has 1 aromatic heterocycles. The van der Waals surface area contributed by atoms with Gasteiger partial charge in [-0.05, 0) is 59.8 Å². The van der Waals surface area contributed by atoms with Gasteiger partial charge < -0.3 is 4.42 Å². The molecule has 1 atom stereocenters. The van der Waals surface area contributed by atoms with Crippen LogP contribution in [0.4, 0.5) is 4.39 Å². The highest BCUT2D eigenvalue weighted by Crippen LogP contribution is 2.33. The lowest BCUT2D eigenvalue weighted by Crippen LogP contribution is -2.05. The van der Waals surface area contributed by atoms with Crippen molar-refractivity contribution in [2.24, 2.45) is 5.92 Å². The third-order valence-electron chi connectivity index (χ3n) is 6.05. The highest BCUT2D eigenvalue weighted by Gasteiger charge is 2.16. The van der Waals surface area contributed by atoms with Crippen LogP contribution in [0.5, 0.6) is 0 Å². The van der Waals surface area contributed by atoms with Crippen molar-refractivity contribution in [1.82, 2.24) is 0 Å². The number of rotatable bonds is 6. The first kappa shape index (κ1) is 20.3. The minimum absolute atomic E-state index is 0.0299. The molecule has 1 heterocycles. The van der Waals surface area contributed by atoms with Gasteiger partial charge in [0, 0.05) is 12.0 Å². The van der Waals surface area contributed by atoms with Gasteiger partial charge in [0.25, 0.3) is 0 Å². The zero-order valence-electron chi connectivity index (χ0n) is 17.4. The summed E-state index contributed by atoms with van der Waals surface area (Å²) in [4.78, 5) is 12.5. The van der Waals surface area contributed by atoms with E-state index in [2.05, 4.69) is 19.6 Å². The van der Waals surface area contributed by atoms with E-state index in [4.69, 9.17) is 4.42 Å². The van der Waals surface area contributed by atoms with E-state index in [-0.39, 0.29) is 5.39 Å². The summed E-state index contributed by atoms with van der Waals surface area (Å²) in [5, 5.41) is 0.627. The Labute approximate surface area is 176 Å². The van der Waals surface area contributed by atoms with E-state index in [1.165, 1.54) is 11.1 Å². The Morgan fingerprint density at radius 1 is 1.17 bits per heavy atom. The smallest absolute Gasteiger partial charge is 0.346 e. The average molecular weight is 403 g/mol. The van der Waals surface area contributed by atoms with Crippen molar-refractivity contribution < 1.29 is 8.81 Å². The number of hydrogen-bond acceptors (Lipinski definition) is 2. The first-order valence-corrected chi connectivity index (χ1v) is 10.8. The molecule has 4 rings (SSSR count). The summed E-state index contributed by atoms with van der Waals surface area (Å²) in [5.74, 6) is 0.668. The van der Waals surface area contributed by atoms with E-state index in [1.54, 1.807) is 12.1 Å². The fourth-order valence-electron chi connectivity index (χ4n) is 4.18. The van der Waals surface area contributed by atoms with E-state index in [0.29, 0.717) is 29.0 Å². The summed E-state index contributed by atoms with van der Waals surface area (Å²) in [6.07, 6.45) is 10.1. The minimum atomic E-state index is -0.598. The van der Waals surface area contributed by atoms with E-state index >= 15 is 4.39 Å². The standard InChI is InChI=1S/C27H27FO2/c1-3-5-6-23-17-22-15-16-24(26(28)25(22)27(29)30-23)21-13-11-20(12-14-21)19-9-7-18(4-2)8-10-19/h4,9,11-18H,2-3,5-8,10H2,1H3. The van der Waals surface area contributed by atoms with E-state index < -0.39 is 11.4 Å². The average Bonchev–Trinajstić information content (AvgIpc) is 2.78. The third-order valence-corrected chi connectivity index (χ3v) is 6.05. The summed E-state index contributed by atoms with van der Waals surface area (Å²) in [7, 11) is 0. The van der Waals surface area contributed by atoms with Crippen LogP contribution in [0.1, 0.15) is 50.4 Å². The van der Waals surface area contributed by atoms with Gasteiger partial charge in [-0.25, -0.2) is 9.18 Å². The van der Waals surface area contributed by atoms with Gasteiger partial charge in [-0.1, -0.05) is 61.9 Å². The van der Waals surface area contributed by atoms with Gasteiger partial charge in [-0.2, -0.15) is 0 Å². The molecule has 0 N–H and O–H groups in total. The summed E-state index contributed by atoms with van der Waals surface area (Å²) in [5.41, 5.74) is 3.08. The molecule has 3 aromatic rings. The quantitative estimate of drug-likeness (QED) is 0.405. The number of allylic oxidation sites excluding steroid dienone is 3. The van der Waals surface area contributed by atoms with E-state index in [9.17, 15) is 4.79 Å². The van der Waals surface area contributed by atoms with Crippen molar-refractivity contribution in [2.75, 3.05) is 0 Å². The van der Waals surface area contributed by atoms with Crippen LogP contribution in [0.15, 0.2) is 70.4 Å². The highest BCUT2D eigenvalue weighted by atomic mass is 19.1. The van der Waals surface area contributed by atoms with E-state index in [0.717, 1.165) is 37.7 Å². The summed E-state index contributed by atoms with van der Waals surface area (Å²) in [6, 6.07) is 13.3. The van der Waals surface area contributed by atoms with Gasteiger partial charge in [0.05, 0.1) is 0 Å². The van der Waals surface area contributed by atoms with Crippen LogP contribution in [-0.2, 0) is 6.42 Å². The summed E-state index contributed by atoms with van der Waals surface area (Å²) < 4.78 is 20.6. The maximum atomic E-state index is 15.3. The van der Waals surface area contributed by atoms with Crippen molar-refractivity contribution in [3.05, 3.63) is 88.8 Å². The molecule has 30 heavy (non-hydrogen) atoms. The second-order valence-electron chi connectivity index (χ2n) is 8.07. The lowest BCUT2D eigenvalue weighted by atomic mass is 9.86. The minimum Gasteiger partial charge on any atom is -0.427 e. The van der Waals surface area contributed by atoms with Crippen LogP contribution >= 0.6 is 0 Å². The normalized spacial score (nSPS) is 16.5. The lowest BCUT2D eigenvalue weighted by Gasteiger charge is -2.19. The maximum Gasteiger partial charge on any atom is 0.346 e. The van der Waals surface area contributed by atoms with Crippen molar-refractivity contribution >= 4 is 16.3 Å². The van der Waals surface area contributed by atoms with Gasteiger partial charge in [0.15, 0.2) is 0 Å². The molecule has 3 heteroatoms. The number of fused-ring (bicyclic) bond motifs is 1. The molecule has 2 aromatic carbocycles. The predicted octanol–water partition coefficient (Wildman–Crippen LogP) is 7.31. The second-order valence-corrected chi connectivity index (χ2v) is 8.07. The SMILES string of the molecule is C=CC1CC=C(c2ccc(-c3ccc4cc(CCCC)oc(=O)c4c3F)cc2)CC1. The lowest BCUT2D eigenvalue weighted by molar-refractivity contribution is 0.458. The fraction of sp³-hybridized carbons (Fsp3) is 0.296. The molecule has 0 amide bonds. The molecule has 0 saturated carbocycles. The van der Waals surface area contributed by atoms with E-state index in [1.807, 2.05) is 36.4 Å². The molecule has 0 saturated heterocycles. The van der Waals surface area contributed by atoms with Crippen LogP contribution in [0, 0.1) is 11.7 Å². The Balaban J connectivity index is 1.65. The largest absolute Gasteiger partial charge is 0.427 e. The van der Waals surface area contributed by atoms with Crippen LogP contribution in [0.2, 0.25) is 0 Å². The first-order chi connectivity index (χ1) is 14.6. The summed E-state index contributed by atoms with van der Waals surface area (Å²) >= 11 is 0. The van der Waals surface area contributed by atoms with Gasteiger partial charge in [0.2, 0.25) is 0 Å². The highest BCUT2D eigenvalue weighted by molar-refractivity contribution is 5.87. The predicted molar refractivity (Wildman–Crippen MR) is 122 cm³/mol. The number of unbranched alkanes of at least 4 members (excludes halogenated alkanes) is 1. The molecular formula is C27H27FO2. The van der Waals surface area contributed by atoms with Gasteiger partial charge in [-0.3, -0.25) is 0 Å². The maximum absolute atomic E-state index is 15.3. The molecule has 0 radical (unpaired) electrons. The Kier molecular flexibility index (Phi) is 5.98. The Morgan fingerprint density at radius 2 is 1.93 bits per heavy atom. The van der Waals surface area contributed by atoms with Crippen molar-refractivity contribution in [3.63, 3.8) is 0 Å². The van der Waals surface area contributed by atoms with Gasteiger partial charge in [0.1, 0.15) is 17.0 Å². The van der Waals surface area contributed by atoms with Crippen molar-refractivity contribution in [3.8, 4) is 11.1 Å². The Bertz CT molecular complexity index is 1150. The first-order valence-electron chi connectivity index (χ1n) is 10.8.